The van der Waals surface area contributed by atoms with Crippen LogP contribution in [0.4, 0.5) is 0 Å². The third kappa shape index (κ3) is 12.2. The zero-order valence-corrected chi connectivity index (χ0v) is 7.23. The molecule has 0 aromatic rings. The molecule has 10 heavy (non-hydrogen) atoms. The van der Waals surface area contributed by atoms with E-state index in [0.717, 1.165) is 0 Å². The van der Waals surface area contributed by atoms with Crippen molar-refractivity contribution in [3.63, 3.8) is 0 Å². The predicted octanol–water partition coefficient (Wildman–Crippen LogP) is 1.04. The zero-order chi connectivity index (χ0) is 7.49. The van der Waals surface area contributed by atoms with Crippen LogP contribution in [0.5, 0.6) is 0 Å². The summed E-state index contributed by atoms with van der Waals surface area (Å²) in [5.41, 5.74) is 0. The van der Waals surface area contributed by atoms with Crippen LogP contribution in [0, 0.1) is 5.92 Å². The fourth-order valence-corrected chi connectivity index (χ4v) is 0.939. The van der Waals surface area contributed by atoms with Crippen molar-refractivity contribution in [1.82, 2.24) is 0 Å². The van der Waals surface area contributed by atoms with Crippen LogP contribution in [0.25, 0.3) is 0 Å². The molecule has 1 unspecified atom stereocenters. The van der Waals surface area contributed by atoms with Gasteiger partial charge in [0.2, 0.25) is 0 Å². The Morgan fingerprint density at radius 1 is 1.70 bits per heavy atom. The van der Waals surface area contributed by atoms with E-state index in [9.17, 15) is 4.57 Å². The molecule has 0 aromatic carbocycles. The van der Waals surface area contributed by atoms with E-state index in [4.69, 9.17) is 4.89 Å². The van der Waals surface area contributed by atoms with Crippen LogP contribution in [0.1, 0.15) is 13.8 Å². The van der Waals surface area contributed by atoms with Crippen molar-refractivity contribution in [3.05, 3.63) is 0 Å². The molecule has 0 aliphatic heterocycles. The second kappa shape index (κ2) is 6.06. The molecule has 0 spiro atoms. The van der Waals surface area contributed by atoms with Crippen LogP contribution in [-0.2, 0) is 9.09 Å². The first-order valence-electron chi connectivity index (χ1n) is 2.62. The van der Waals surface area contributed by atoms with Gasteiger partial charge < -0.3 is 9.42 Å². The maximum absolute atomic E-state index is 10.3. The maximum atomic E-state index is 10.3. The summed E-state index contributed by atoms with van der Waals surface area (Å²) in [4.78, 5) is 8.46. The fraction of sp³-hybridized carbons (Fsp3) is 1.00. The Balaban J connectivity index is 0. The molecule has 0 aliphatic rings. The summed E-state index contributed by atoms with van der Waals surface area (Å²) >= 11 is 3.32. The first kappa shape index (κ1) is 14.0. The first-order valence-corrected chi connectivity index (χ1v) is 5.35. The number of hydrogen-bond acceptors (Lipinski definition) is 2. The third-order valence-corrected chi connectivity index (χ3v) is 1.41. The standard InChI is InChI=1S/C4H11O3PS.Na.H/c1-4(2)3-7-8(5,6)9;;/h4H,3H2,1-2H3,(H2,5,6,9);;. The summed E-state index contributed by atoms with van der Waals surface area (Å²) in [6, 6.07) is 0. The first-order chi connectivity index (χ1) is 3.92. The Labute approximate surface area is 88.5 Å². The molecule has 0 saturated heterocycles. The molecule has 0 bridgehead atoms. The minimum absolute atomic E-state index is 0. The van der Waals surface area contributed by atoms with E-state index in [1.54, 1.807) is 0 Å². The third-order valence-electron chi connectivity index (χ3n) is 0.576. The van der Waals surface area contributed by atoms with Gasteiger partial charge in [-0.3, -0.25) is 0 Å². The minimum atomic E-state index is -3.53. The van der Waals surface area contributed by atoms with Crippen LogP contribution in [0.3, 0.4) is 0 Å². The summed E-state index contributed by atoms with van der Waals surface area (Å²) < 4.78 is 14.8. The quantitative estimate of drug-likeness (QED) is 0.401. The molecule has 0 amide bonds. The van der Waals surface area contributed by atoms with E-state index in [0.29, 0.717) is 0 Å². The number of hydrogen-bond donors (Lipinski definition) is 2. The van der Waals surface area contributed by atoms with Crippen molar-refractivity contribution < 1.29 is 14.0 Å². The van der Waals surface area contributed by atoms with Crippen LogP contribution in [0.2, 0.25) is 0 Å². The summed E-state index contributed by atoms with van der Waals surface area (Å²) in [5, 5.41) is 0. The van der Waals surface area contributed by atoms with Crippen LogP contribution in [-0.4, -0.2) is 41.1 Å². The van der Waals surface area contributed by atoms with Crippen molar-refractivity contribution in [2.45, 2.75) is 13.8 Å². The van der Waals surface area contributed by atoms with E-state index in [2.05, 4.69) is 16.8 Å². The van der Waals surface area contributed by atoms with Crippen molar-refractivity contribution in [3.8, 4) is 0 Å². The Hall–Kier alpha value is 1.50. The Kier molecular flexibility index (Phi) is 8.52. The second-order valence-corrected chi connectivity index (χ2v) is 4.94. The van der Waals surface area contributed by atoms with Crippen LogP contribution >= 0.6 is 19.0 Å². The van der Waals surface area contributed by atoms with E-state index in [1.165, 1.54) is 0 Å². The molecule has 0 rings (SSSR count). The number of rotatable bonds is 3. The van der Waals surface area contributed by atoms with Gasteiger partial charge in [0.1, 0.15) is 0 Å². The van der Waals surface area contributed by atoms with Gasteiger partial charge in [-0.15, -0.1) is 0 Å². The molecule has 0 fully saturated rings. The predicted molar refractivity (Wildman–Crippen MR) is 46.8 cm³/mol. The van der Waals surface area contributed by atoms with Crippen LogP contribution in [0.15, 0.2) is 0 Å². The molecule has 0 radical (unpaired) electrons. The topological polar surface area (TPSA) is 46.5 Å². The van der Waals surface area contributed by atoms with Crippen molar-refractivity contribution in [2.75, 3.05) is 6.61 Å². The monoisotopic (exact) mass is 194 g/mol. The van der Waals surface area contributed by atoms with Crippen LogP contribution < -0.4 is 0 Å². The molecule has 1 atom stereocenters. The van der Waals surface area contributed by atoms with E-state index < -0.39 is 6.80 Å². The van der Waals surface area contributed by atoms with Gasteiger partial charge in [0.05, 0.1) is 6.61 Å². The van der Waals surface area contributed by atoms with Gasteiger partial charge in [-0.25, -0.2) is 4.57 Å². The molecule has 0 saturated carbocycles. The van der Waals surface area contributed by atoms with Crippen molar-refractivity contribution >= 4 is 48.6 Å². The Morgan fingerprint density at radius 3 is 2.20 bits per heavy atom. The fourth-order valence-electron chi connectivity index (χ4n) is 0.246. The number of thiol groups is 1. The van der Waals surface area contributed by atoms with Gasteiger partial charge in [-0.2, -0.15) is 0 Å². The summed E-state index contributed by atoms with van der Waals surface area (Å²) in [7, 11) is 0. The van der Waals surface area contributed by atoms with Crippen molar-refractivity contribution in [2.24, 2.45) is 5.92 Å². The van der Waals surface area contributed by atoms with Gasteiger partial charge in [0.15, 0.2) is 0 Å². The SMILES string of the molecule is CC(C)COP(=O)(O)S.[NaH]. The molecule has 0 heterocycles. The molecule has 6 heteroatoms. The Bertz CT molecular complexity index is 124. The second-order valence-electron chi connectivity index (χ2n) is 2.18. The molecular formula is C4H12NaO3PS. The molecular weight excluding hydrogens is 182 g/mol. The Morgan fingerprint density at radius 2 is 2.10 bits per heavy atom. The van der Waals surface area contributed by atoms with Gasteiger partial charge in [0, 0.05) is 0 Å². The van der Waals surface area contributed by atoms with Gasteiger partial charge in [0.25, 0.3) is 0 Å². The average Bonchev–Trinajstić information content (AvgIpc) is 1.59. The molecule has 1 N–H and O–H groups in total. The van der Waals surface area contributed by atoms with Gasteiger partial charge in [-0.05, 0) is 5.92 Å². The zero-order valence-electron chi connectivity index (χ0n) is 5.44. The molecule has 58 valence electrons. The summed E-state index contributed by atoms with van der Waals surface area (Å²) in [6.45, 7) is 0.535. The van der Waals surface area contributed by atoms with E-state index in [1.807, 2.05) is 13.8 Å². The normalized spacial score (nSPS) is 16.1. The average molecular weight is 194 g/mol. The summed E-state index contributed by atoms with van der Waals surface area (Å²) in [5.74, 6) is 0.262. The van der Waals surface area contributed by atoms with Gasteiger partial charge in [-0.1, -0.05) is 26.1 Å². The molecule has 0 aliphatic carbocycles. The van der Waals surface area contributed by atoms with Crippen molar-refractivity contribution in [1.29, 1.82) is 0 Å². The van der Waals surface area contributed by atoms with Gasteiger partial charge >= 0.3 is 36.4 Å². The van der Waals surface area contributed by atoms with E-state index in [-0.39, 0.29) is 42.1 Å². The summed E-state index contributed by atoms with van der Waals surface area (Å²) in [6.07, 6.45) is 0. The van der Waals surface area contributed by atoms with E-state index >= 15 is 0 Å². The molecule has 0 aromatic heterocycles. The molecule has 3 nitrogen and oxygen atoms in total.